The Bertz CT molecular complexity index is 154. The van der Waals surface area contributed by atoms with Crippen LogP contribution in [0.15, 0.2) is 0 Å². The summed E-state index contributed by atoms with van der Waals surface area (Å²) in [6, 6.07) is -0.133. The third-order valence-corrected chi connectivity index (χ3v) is 2.20. The zero-order valence-corrected chi connectivity index (χ0v) is 6.40. The molecule has 0 aromatic carbocycles. The van der Waals surface area contributed by atoms with Crippen LogP contribution in [0.5, 0.6) is 0 Å². The van der Waals surface area contributed by atoms with Crippen LogP contribution in [0.2, 0.25) is 0 Å². The van der Waals surface area contributed by atoms with E-state index in [-0.39, 0.29) is 25.0 Å². The minimum absolute atomic E-state index is 0.0752. The van der Waals surface area contributed by atoms with Crippen molar-refractivity contribution >= 4 is 7.85 Å². The van der Waals surface area contributed by atoms with Crippen LogP contribution in [-0.2, 0) is 14.2 Å². The summed E-state index contributed by atoms with van der Waals surface area (Å²) in [7, 11) is 1.84. The van der Waals surface area contributed by atoms with Gasteiger partial charge >= 0.3 is 0 Å². The second-order valence-corrected chi connectivity index (χ2v) is 2.99. The number of aliphatic hydroxyl groups excluding tert-OH is 1. The zero-order chi connectivity index (χ0) is 7.84. The van der Waals surface area contributed by atoms with Crippen molar-refractivity contribution in [1.82, 2.24) is 0 Å². The second-order valence-electron chi connectivity index (χ2n) is 2.99. The number of fused-ring (bicyclic) bond motifs is 1. The minimum atomic E-state index is -0.496. The summed E-state index contributed by atoms with van der Waals surface area (Å²) in [6.07, 6.45) is -0.753. The highest BCUT2D eigenvalue weighted by atomic mass is 16.7. The third kappa shape index (κ3) is 1.18. The Labute approximate surface area is 65.8 Å². The average Bonchev–Trinajstić information content (AvgIpc) is 2.30. The van der Waals surface area contributed by atoms with Gasteiger partial charge in [-0.2, -0.15) is 0 Å². The van der Waals surface area contributed by atoms with Crippen molar-refractivity contribution in [2.75, 3.05) is 13.4 Å². The van der Waals surface area contributed by atoms with Gasteiger partial charge in [0, 0.05) is 0 Å². The lowest BCUT2D eigenvalue weighted by Crippen LogP contribution is -2.41. The van der Waals surface area contributed by atoms with Crippen molar-refractivity contribution in [1.29, 1.82) is 0 Å². The quantitative estimate of drug-likeness (QED) is 0.417. The van der Waals surface area contributed by atoms with Crippen molar-refractivity contribution < 1.29 is 19.3 Å². The molecule has 4 nitrogen and oxygen atoms in total. The van der Waals surface area contributed by atoms with Gasteiger partial charge in [-0.25, -0.2) is 0 Å². The number of rotatable bonds is 0. The highest BCUT2D eigenvalue weighted by molar-refractivity contribution is 6.11. The van der Waals surface area contributed by atoms with E-state index in [1.54, 1.807) is 0 Å². The largest absolute Gasteiger partial charge is 0.388 e. The van der Waals surface area contributed by atoms with E-state index in [4.69, 9.17) is 14.2 Å². The zero-order valence-electron chi connectivity index (χ0n) is 6.40. The Morgan fingerprint density at radius 2 is 2.27 bits per heavy atom. The second kappa shape index (κ2) is 2.75. The molecular weight excluding hydrogens is 147 g/mol. The molecule has 2 fully saturated rings. The molecule has 2 saturated heterocycles. The smallest absolute Gasteiger partial charge is 0.147 e. The van der Waals surface area contributed by atoms with E-state index in [2.05, 4.69) is 0 Å². The molecular formula is C6H11BO4. The SMILES string of the molecule is B[C@@H]1O[C@@H]2COCO[C@@H]2C1O. The van der Waals surface area contributed by atoms with Gasteiger partial charge in [0.2, 0.25) is 0 Å². The van der Waals surface area contributed by atoms with Gasteiger partial charge in [0.15, 0.2) is 0 Å². The molecule has 0 spiro atoms. The predicted octanol–water partition coefficient (Wildman–Crippen LogP) is -1.92. The number of hydrogen-bond donors (Lipinski definition) is 1. The predicted molar refractivity (Wildman–Crippen MR) is 38.9 cm³/mol. The van der Waals surface area contributed by atoms with Gasteiger partial charge in [0.1, 0.15) is 33.0 Å². The Kier molecular flexibility index (Phi) is 1.89. The highest BCUT2D eigenvalue weighted by Crippen LogP contribution is 2.24. The monoisotopic (exact) mass is 158 g/mol. The molecule has 2 aliphatic heterocycles. The summed E-state index contributed by atoms with van der Waals surface area (Å²) >= 11 is 0. The molecule has 11 heavy (non-hydrogen) atoms. The van der Waals surface area contributed by atoms with Crippen molar-refractivity contribution in [3.63, 3.8) is 0 Å². The summed E-state index contributed by atoms with van der Waals surface area (Å²) in [5.41, 5.74) is 0. The fourth-order valence-corrected chi connectivity index (χ4v) is 1.55. The van der Waals surface area contributed by atoms with E-state index in [1.807, 2.05) is 7.85 Å². The number of ether oxygens (including phenoxy) is 3. The first-order chi connectivity index (χ1) is 5.29. The lowest BCUT2D eigenvalue weighted by Gasteiger charge is -2.25. The fraction of sp³-hybridized carbons (Fsp3) is 1.00. The Hall–Kier alpha value is -0.0951. The Morgan fingerprint density at radius 3 is 3.00 bits per heavy atom. The van der Waals surface area contributed by atoms with Gasteiger partial charge < -0.3 is 19.3 Å². The van der Waals surface area contributed by atoms with Crippen LogP contribution in [0.25, 0.3) is 0 Å². The highest BCUT2D eigenvalue weighted by Gasteiger charge is 2.43. The fourth-order valence-electron chi connectivity index (χ4n) is 1.55. The lowest BCUT2D eigenvalue weighted by molar-refractivity contribution is -0.187. The number of hydrogen-bond acceptors (Lipinski definition) is 4. The van der Waals surface area contributed by atoms with Gasteiger partial charge in [0.05, 0.1) is 12.6 Å². The molecule has 0 bridgehead atoms. The van der Waals surface area contributed by atoms with Crippen LogP contribution in [0, 0.1) is 0 Å². The Balaban J connectivity index is 2.05. The van der Waals surface area contributed by atoms with Gasteiger partial charge in [-0.15, -0.1) is 0 Å². The van der Waals surface area contributed by atoms with Gasteiger partial charge in [-0.05, 0) is 0 Å². The van der Waals surface area contributed by atoms with Crippen LogP contribution in [-0.4, -0.2) is 50.7 Å². The van der Waals surface area contributed by atoms with Crippen LogP contribution >= 0.6 is 0 Å². The van der Waals surface area contributed by atoms with Gasteiger partial charge in [-0.1, -0.05) is 0 Å². The molecule has 0 saturated carbocycles. The van der Waals surface area contributed by atoms with E-state index in [1.165, 1.54) is 0 Å². The van der Waals surface area contributed by atoms with Crippen molar-refractivity contribution in [2.45, 2.75) is 24.3 Å². The number of aliphatic hydroxyl groups is 1. The van der Waals surface area contributed by atoms with Gasteiger partial charge in [0.25, 0.3) is 0 Å². The van der Waals surface area contributed by atoms with E-state index < -0.39 is 6.10 Å². The molecule has 2 rings (SSSR count). The molecule has 4 atom stereocenters. The van der Waals surface area contributed by atoms with E-state index in [9.17, 15) is 5.11 Å². The molecule has 1 N–H and O–H groups in total. The summed E-state index contributed by atoms with van der Waals surface area (Å²) in [5.74, 6) is 0. The van der Waals surface area contributed by atoms with Crippen molar-refractivity contribution in [2.24, 2.45) is 0 Å². The van der Waals surface area contributed by atoms with E-state index in [0.29, 0.717) is 6.61 Å². The van der Waals surface area contributed by atoms with E-state index in [0.717, 1.165) is 0 Å². The maximum Gasteiger partial charge on any atom is 0.147 e. The molecule has 0 aliphatic carbocycles. The van der Waals surface area contributed by atoms with E-state index >= 15 is 0 Å². The van der Waals surface area contributed by atoms with Crippen molar-refractivity contribution in [3.05, 3.63) is 0 Å². The van der Waals surface area contributed by atoms with Crippen LogP contribution in [0.3, 0.4) is 0 Å². The molecule has 1 unspecified atom stereocenters. The molecule has 2 aliphatic rings. The summed E-state index contributed by atoms with van der Waals surface area (Å²) in [5, 5.41) is 9.49. The maximum atomic E-state index is 9.49. The summed E-state index contributed by atoms with van der Waals surface area (Å²) in [6.45, 7) is 0.806. The first-order valence-corrected chi connectivity index (χ1v) is 3.82. The summed E-state index contributed by atoms with van der Waals surface area (Å²) in [4.78, 5) is 0. The average molecular weight is 158 g/mol. The standard InChI is InChI=1S/C6H11BO4/c7-6-4(8)5-3(11-6)1-9-2-10-5/h3-6,8H,1-2,7H2/t3-,4?,5+,6-/m1/s1. The molecule has 0 aromatic rings. The maximum absolute atomic E-state index is 9.49. The molecule has 62 valence electrons. The normalized spacial score (nSPS) is 50.6. The van der Waals surface area contributed by atoms with Crippen molar-refractivity contribution in [3.8, 4) is 0 Å². The summed E-state index contributed by atoms with van der Waals surface area (Å²) < 4.78 is 15.6. The van der Waals surface area contributed by atoms with Crippen LogP contribution in [0.4, 0.5) is 0 Å². The minimum Gasteiger partial charge on any atom is -0.388 e. The molecule has 0 aromatic heterocycles. The van der Waals surface area contributed by atoms with Crippen LogP contribution in [0.1, 0.15) is 0 Å². The van der Waals surface area contributed by atoms with Gasteiger partial charge in [-0.3, -0.25) is 0 Å². The van der Waals surface area contributed by atoms with Crippen LogP contribution < -0.4 is 0 Å². The molecule has 0 amide bonds. The first-order valence-electron chi connectivity index (χ1n) is 3.82. The molecule has 5 heteroatoms. The molecule has 2 heterocycles. The first kappa shape index (κ1) is 7.55. The topological polar surface area (TPSA) is 47.9 Å². The third-order valence-electron chi connectivity index (χ3n) is 2.20. The lowest BCUT2D eigenvalue weighted by atomic mass is 9.93. The molecule has 0 radical (unpaired) electrons. The Morgan fingerprint density at radius 1 is 1.45 bits per heavy atom.